The predicted molar refractivity (Wildman–Crippen MR) is 123 cm³/mol. The van der Waals surface area contributed by atoms with Crippen molar-refractivity contribution in [2.75, 3.05) is 19.5 Å². The van der Waals surface area contributed by atoms with Crippen LogP contribution in [0, 0.1) is 5.41 Å². The van der Waals surface area contributed by atoms with Gasteiger partial charge in [0.15, 0.2) is 11.5 Å². The highest BCUT2D eigenvalue weighted by atomic mass is 16.5. The number of methoxy groups -OCH3 is 2. The van der Waals surface area contributed by atoms with Crippen LogP contribution < -0.4 is 20.1 Å². The summed E-state index contributed by atoms with van der Waals surface area (Å²) in [6.45, 7) is 5.28. The molecule has 0 bridgehead atoms. The Morgan fingerprint density at radius 3 is 2.12 bits per heavy atom. The van der Waals surface area contributed by atoms with Crippen LogP contribution in [-0.4, -0.2) is 38.0 Å². The SMILES string of the molecule is COc1cc(NC(=O)C(C)(C)C)c(C(=O)OC(C(=O)NC2CC2)c2ccccc2)cc1OC. The number of anilines is 1. The van der Waals surface area contributed by atoms with E-state index in [-0.39, 0.29) is 28.9 Å². The van der Waals surface area contributed by atoms with Gasteiger partial charge in [-0.1, -0.05) is 51.1 Å². The molecule has 2 amide bonds. The van der Waals surface area contributed by atoms with Crippen LogP contribution in [0.4, 0.5) is 5.69 Å². The molecule has 0 saturated heterocycles. The fourth-order valence-corrected chi connectivity index (χ4v) is 3.04. The highest BCUT2D eigenvalue weighted by Crippen LogP contribution is 2.35. The van der Waals surface area contributed by atoms with Gasteiger partial charge in [0.1, 0.15) is 0 Å². The van der Waals surface area contributed by atoms with E-state index in [1.54, 1.807) is 45.0 Å². The first-order valence-electron chi connectivity index (χ1n) is 10.8. The number of nitrogens with one attached hydrogen (secondary N) is 2. The van der Waals surface area contributed by atoms with E-state index in [2.05, 4.69) is 10.6 Å². The van der Waals surface area contributed by atoms with Gasteiger partial charge in [-0.15, -0.1) is 0 Å². The summed E-state index contributed by atoms with van der Waals surface area (Å²) in [5, 5.41) is 5.65. The van der Waals surface area contributed by atoms with E-state index in [0.717, 1.165) is 12.8 Å². The van der Waals surface area contributed by atoms with Gasteiger partial charge in [-0.05, 0) is 12.8 Å². The summed E-state index contributed by atoms with van der Waals surface area (Å²) in [5.41, 5.74) is 0.0903. The number of benzene rings is 2. The topological polar surface area (TPSA) is 103 Å². The van der Waals surface area contributed by atoms with Crippen molar-refractivity contribution in [3.05, 3.63) is 53.6 Å². The van der Waals surface area contributed by atoms with Crippen LogP contribution in [0.3, 0.4) is 0 Å². The zero-order chi connectivity index (χ0) is 24.2. The summed E-state index contributed by atoms with van der Waals surface area (Å²) in [7, 11) is 2.90. The molecule has 1 aliphatic rings. The zero-order valence-corrected chi connectivity index (χ0v) is 19.6. The molecule has 0 aliphatic heterocycles. The van der Waals surface area contributed by atoms with Crippen molar-refractivity contribution in [2.24, 2.45) is 5.41 Å². The number of hydrogen-bond donors (Lipinski definition) is 2. The summed E-state index contributed by atoms with van der Waals surface area (Å²) in [5.74, 6) is -0.839. The monoisotopic (exact) mass is 454 g/mol. The molecule has 8 heteroatoms. The molecule has 33 heavy (non-hydrogen) atoms. The molecule has 0 spiro atoms. The zero-order valence-electron chi connectivity index (χ0n) is 19.6. The fraction of sp³-hybridized carbons (Fsp3) is 0.400. The van der Waals surface area contributed by atoms with Gasteiger partial charge in [0.2, 0.25) is 12.0 Å². The molecule has 1 fully saturated rings. The van der Waals surface area contributed by atoms with Crippen molar-refractivity contribution >= 4 is 23.5 Å². The quantitative estimate of drug-likeness (QED) is 0.587. The number of carbonyl (C=O) groups is 3. The normalized spacial score (nSPS) is 14.1. The van der Waals surface area contributed by atoms with Crippen LogP contribution >= 0.6 is 0 Å². The van der Waals surface area contributed by atoms with E-state index < -0.39 is 23.4 Å². The lowest BCUT2D eigenvalue weighted by atomic mass is 9.95. The Balaban J connectivity index is 1.96. The van der Waals surface area contributed by atoms with Crippen molar-refractivity contribution in [3.63, 3.8) is 0 Å². The number of esters is 1. The Morgan fingerprint density at radius 2 is 1.58 bits per heavy atom. The Morgan fingerprint density at radius 1 is 0.970 bits per heavy atom. The van der Waals surface area contributed by atoms with Crippen molar-refractivity contribution < 1.29 is 28.6 Å². The van der Waals surface area contributed by atoms with Crippen molar-refractivity contribution in [3.8, 4) is 11.5 Å². The number of rotatable bonds is 8. The minimum absolute atomic E-state index is 0.0467. The smallest absolute Gasteiger partial charge is 0.341 e. The lowest BCUT2D eigenvalue weighted by Crippen LogP contribution is -2.34. The third kappa shape index (κ3) is 6.03. The van der Waals surface area contributed by atoms with Crippen molar-refractivity contribution in [1.29, 1.82) is 0 Å². The first-order chi connectivity index (χ1) is 15.6. The predicted octanol–water partition coefficient (Wildman–Crippen LogP) is 3.87. The lowest BCUT2D eigenvalue weighted by molar-refractivity contribution is -0.130. The molecular weight excluding hydrogens is 424 g/mol. The maximum absolute atomic E-state index is 13.3. The minimum Gasteiger partial charge on any atom is -0.493 e. The molecule has 1 atom stereocenters. The Labute approximate surface area is 193 Å². The van der Waals surface area contributed by atoms with Gasteiger partial charge in [-0.3, -0.25) is 9.59 Å². The molecule has 2 aromatic rings. The molecule has 176 valence electrons. The number of carbonyl (C=O) groups excluding carboxylic acids is 3. The largest absolute Gasteiger partial charge is 0.493 e. The second-order valence-electron chi connectivity index (χ2n) is 8.94. The molecule has 1 unspecified atom stereocenters. The number of hydrogen-bond acceptors (Lipinski definition) is 6. The summed E-state index contributed by atoms with van der Waals surface area (Å²) >= 11 is 0. The molecule has 0 heterocycles. The minimum atomic E-state index is -1.14. The summed E-state index contributed by atoms with van der Waals surface area (Å²) in [6, 6.07) is 11.8. The third-order valence-electron chi connectivity index (χ3n) is 5.16. The van der Waals surface area contributed by atoms with E-state index in [1.165, 1.54) is 26.4 Å². The maximum Gasteiger partial charge on any atom is 0.341 e. The van der Waals surface area contributed by atoms with Crippen molar-refractivity contribution in [1.82, 2.24) is 5.32 Å². The number of amides is 2. The average molecular weight is 455 g/mol. The van der Waals surface area contributed by atoms with Crippen LogP contribution in [0.5, 0.6) is 11.5 Å². The van der Waals surface area contributed by atoms with E-state index in [9.17, 15) is 14.4 Å². The molecule has 3 rings (SSSR count). The molecular formula is C25H30N2O6. The molecule has 1 aliphatic carbocycles. The van der Waals surface area contributed by atoms with E-state index in [0.29, 0.717) is 11.3 Å². The first-order valence-corrected chi connectivity index (χ1v) is 10.8. The van der Waals surface area contributed by atoms with E-state index in [4.69, 9.17) is 14.2 Å². The van der Waals surface area contributed by atoms with Gasteiger partial charge in [0, 0.05) is 29.2 Å². The third-order valence-corrected chi connectivity index (χ3v) is 5.16. The molecule has 2 aromatic carbocycles. The first kappa shape index (κ1) is 24.1. The summed E-state index contributed by atoms with van der Waals surface area (Å²) in [6.07, 6.45) is 0.665. The van der Waals surface area contributed by atoms with Crippen LogP contribution in [0.1, 0.15) is 55.6 Å². The van der Waals surface area contributed by atoms with Gasteiger partial charge in [0.05, 0.1) is 25.5 Å². The van der Waals surface area contributed by atoms with E-state index in [1.807, 2.05) is 6.07 Å². The number of ether oxygens (including phenoxy) is 3. The average Bonchev–Trinajstić information content (AvgIpc) is 3.60. The Bertz CT molecular complexity index is 1030. The van der Waals surface area contributed by atoms with Gasteiger partial charge < -0.3 is 24.8 Å². The molecule has 1 saturated carbocycles. The standard InChI is InChI=1S/C25H30N2O6/c1-25(2,3)24(30)27-18-14-20(32-5)19(31-4)13-17(18)23(29)33-21(15-9-7-6-8-10-15)22(28)26-16-11-12-16/h6-10,13-14,16,21H,11-12H2,1-5H3,(H,26,28)(H,27,30). The second-order valence-corrected chi connectivity index (χ2v) is 8.94. The van der Waals surface area contributed by atoms with Gasteiger partial charge in [-0.2, -0.15) is 0 Å². The molecule has 8 nitrogen and oxygen atoms in total. The van der Waals surface area contributed by atoms with Gasteiger partial charge in [-0.25, -0.2) is 4.79 Å². The van der Waals surface area contributed by atoms with Gasteiger partial charge in [0.25, 0.3) is 5.91 Å². The molecule has 0 radical (unpaired) electrons. The highest BCUT2D eigenvalue weighted by molar-refractivity contribution is 6.04. The second kappa shape index (κ2) is 9.94. The van der Waals surface area contributed by atoms with Crippen LogP contribution in [-0.2, 0) is 14.3 Å². The highest BCUT2D eigenvalue weighted by Gasteiger charge is 2.32. The van der Waals surface area contributed by atoms with Gasteiger partial charge >= 0.3 is 5.97 Å². The maximum atomic E-state index is 13.3. The summed E-state index contributed by atoms with van der Waals surface area (Å²) < 4.78 is 16.3. The Kier molecular flexibility index (Phi) is 7.26. The molecule has 0 aromatic heterocycles. The fourth-order valence-electron chi connectivity index (χ4n) is 3.04. The van der Waals surface area contributed by atoms with Crippen LogP contribution in [0.2, 0.25) is 0 Å². The van der Waals surface area contributed by atoms with Crippen LogP contribution in [0.25, 0.3) is 0 Å². The van der Waals surface area contributed by atoms with Crippen LogP contribution in [0.15, 0.2) is 42.5 Å². The lowest BCUT2D eigenvalue weighted by Gasteiger charge is -2.22. The summed E-state index contributed by atoms with van der Waals surface area (Å²) in [4.78, 5) is 38.8. The van der Waals surface area contributed by atoms with Crippen molar-refractivity contribution in [2.45, 2.75) is 45.8 Å². The van der Waals surface area contributed by atoms with E-state index >= 15 is 0 Å². The molecule has 2 N–H and O–H groups in total. The Hall–Kier alpha value is -3.55.